The van der Waals surface area contributed by atoms with E-state index in [1.54, 1.807) is 24.7 Å². The maximum absolute atomic E-state index is 13.9. The van der Waals surface area contributed by atoms with Gasteiger partial charge in [0.2, 0.25) is 5.91 Å². The molecule has 178 valence electrons. The second kappa shape index (κ2) is 12.1. The van der Waals surface area contributed by atoms with Gasteiger partial charge in [0.1, 0.15) is 0 Å². The molecule has 0 aliphatic heterocycles. The van der Waals surface area contributed by atoms with E-state index in [4.69, 9.17) is 5.26 Å². The van der Waals surface area contributed by atoms with E-state index in [-0.39, 0.29) is 36.4 Å². The highest BCUT2D eigenvalue weighted by Gasteiger charge is 2.19. The fourth-order valence-electron chi connectivity index (χ4n) is 3.67. The van der Waals surface area contributed by atoms with Gasteiger partial charge in [-0.3, -0.25) is 4.79 Å². The summed E-state index contributed by atoms with van der Waals surface area (Å²) < 4.78 is 29.2. The van der Waals surface area contributed by atoms with Gasteiger partial charge in [0.05, 0.1) is 24.4 Å². The van der Waals surface area contributed by atoms with Crippen molar-refractivity contribution in [2.45, 2.75) is 45.8 Å². The minimum Gasteiger partial charge on any atom is -0.351 e. The highest BCUT2D eigenvalue weighted by atomic mass is 19.2. The van der Waals surface area contributed by atoms with Crippen molar-refractivity contribution in [1.82, 2.24) is 20.2 Å². The molecule has 3 rings (SSSR count). The average Bonchev–Trinajstić information content (AvgIpc) is 3.27. The first kappa shape index (κ1) is 25.1. The third kappa shape index (κ3) is 6.72. The topological polar surface area (TPSA) is 82.7 Å². The maximum Gasteiger partial charge on any atom is 0.226 e. The van der Waals surface area contributed by atoms with E-state index >= 15 is 0 Å². The molecule has 6 nitrogen and oxygen atoms in total. The summed E-state index contributed by atoms with van der Waals surface area (Å²) in [5, 5.41) is 15.2. The van der Waals surface area contributed by atoms with Gasteiger partial charge in [0, 0.05) is 43.1 Å². The first-order valence-electron chi connectivity index (χ1n) is 11.3. The molecule has 1 amide bonds. The van der Waals surface area contributed by atoms with Crippen molar-refractivity contribution >= 4 is 5.91 Å². The zero-order valence-electron chi connectivity index (χ0n) is 19.4. The third-order valence-corrected chi connectivity index (χ3v) is 5.96. The Morgan fingerprint density at radius 3 is 2.68 bits per heavy atom. The van der Waals surface area contributed by atoms with E-state index in [1.807, 2.05) is 30.5 Å². The summed E-state index contributed by atoms with van der Waals surface area (Å²) in [4.78, 5) is 17.0. The first-order valence-corrected chi connectivity index (χ1v) is 11.3. The molecule has 0 aliphatic carbocycles. The number of imidazole rings is 1. The van der Waals surface area contributed by atoms with Gasteiger partial charge in [-0.2, -0.15) is 5.26 Å². The number of carbonyl (C=O) groups excluding carboxylic acids is 1. The van der Waals surface area contributed by atoms with Crippen LogP contribution in [-0.4, -0.2) is 28.0 Å². The summed E-state index contributed by atoms with van der Waals surface area (Å²) in [6, 6.07) is 13.3. The second-order valence-electron chi connectivity index (χ2n) is 8.40. The lowest BCUT2D eigenvalue weighted by atomic mass is 9.98. The predicted molar refractivity (Wildman–Crippen MR) is 126 cm³/mol. The van der Waals surface area contributed by atoms with Gasteiger partial charge in [-0.05, 0) is 29.7 Å². The number of amides is 1. The Balaban J connectivity index is 1.58. The van der Waals surface area contributed by atoms with Crippen LogP contribution in [-0.2, 0) is 24.3 Å². The minimum absolute atomic E-state index is 0.134. The molecular weight excluding hydrogens is 436 g/mol. The van der Waals surface area contributed by atoms with E-state index in [1.165, 1.54) is 12.1 Å². The van der Waals surface area contributed by atoms with Gasteiger partial charge < -0.3 is 15.2 Å². The Bertz CT molecular complexity index is 1140. The van der Waals surface area contributed by atoms with Crippen molar-refractivity contribution < 1.29 is 13.6 Å². The first-order chi connectivity index (χ1) is 16.4. The molecule has 0 saturated carbocycles. The molecule has 0 radical (unpaired) electrons. The van der Waals surface area contributed by atoms with Crippen LogP contribution >= 0.6 is 0 Å². The average molecular weight is 466 g/mol. The number of nitrogens with one attached hydrogen (secondary N) is 2. The molecule has 1 aromatic heterocycles. The largest absolute Gasteiger partial charge is 0.351 e. The molecule has 0 fully saturated rings. The standard InChI is InChI=1S/C26H29F2N5O/c1-3-18(2)24(15-30-13-21-5-4-6-23(27)26(21)28)32-25(34)11-22-14-31-17-33(22)16-20-9-7-19(12-29)8-10-20/h4-10,14,17-18,24,30H,3,11,13,15-16H2,1-2H3,(H,32,34)/t18-,24+/m0/s1. The summed E-state index contributed by atoms with van der Waals surface area (Å²) in [5.41, 5.74) is 2.63. The van der Waals surface area contributed by atoms with Crippen LogP contribution in [0.5, 0.6) is 0 Å². The lowest BCUT2D eigenvalue weighted by molar-refractivity contribution is -0.121. The highest BCUT2D eigenvalue weighted by Crippen LogP contribution is 2.13. The molecule has 0 saturated heterocycles. The maximum atomic E-state index is 13.9. The zero-order chi connectivity index (χ0) is 24.5. The Hall–Kier alpha value is -3.57. The quantitative estimate of drug-likeness (QED) is 0.449. The fourth-order valence-corrected chi connectivity index (χ4v) is 3.67. The molecular formula is C26H29F2N5O. The van der Waals surface area contributed by atoms with E-state index in [2.05, 4.69) is 21.7 Å². The van der Waals surface area contributed by atoms with Crippen LogP contribution < -0.4 is 10.6 Å². The van der Waals surface area contributed by atoms with Gasteiger partial charge in [-0.15, -0.1) is 0 Å². The number of aromatic nitrogens is 2. The summed E-state index contributed by atoms with van der Waals surface area (Å²) >= 11 is 0. The van der Waals surface area contributed by atoms with Crippen LogP contribution in [0.3, 0.4) is 0 Å². The van der Waals surface area contributed by atoms with Crippen LogP contribution in [0.4, 0.5) is 8.78 Å². The summed E-state index contributed by atoms with van der Waals surface area (Å²) in [6.45, 7) is 5.24. The summed E-state index contributed by atoms with van der Waals surface area (Å²) in [7, 11) is 0. The monoisotopic (exact) mass is 465 g/mol. The lowest BCUT2D eigenvalue weighted by Gasteiger charge is -2.25. The zero-order valence-corrected chi connectivity index (χ0v) is 19.4. The summed E-state index contributed by atoms with van der Waals surface area (Å²) in [6.07, 6.45) is 4.38. The van der Waals surface area contributed by atoms with Gasteiger partial charge >= 0.3 is 0 Å². The number of benzene rings is 2. The lowest BCUT2D eigenvalue weighted by Crippen LogP contribution is -2.46. The number of halogens is 2. The molecule has 3 aromatic rings. The number of nitriles is 1. The molecule has 8 heteroatoms. The van der Waals surface area contributed by atoms with Crippen LogP contribution in [0, 0.1) is 28.9 Å². The van der Waals surface area contributed by atoms with Gasteiger partial charge in [-0.1, -0.05) is 44.5 Å². The Morgan fingerprint density at radius 1 is 1.21 bits per heavy atom. The molecule has 0 aliphatic rings. The van der Waals surface area contributed by atoms with Crippen molar-refractivity contribution in [3.05, 3.63) is 89.0 Å². The highest BCUT2D eigenvalue weighted by molar-refractivity contribution is 5.78. The second-order valence-corrected chi connectivity index (χ2v) is 8.40. The smallest absolute Gasteiger partial charge is 0.226 e. The molecule has 0 unspecified atom stereocenters. The van der Waals surface area contributed by atoms with Crippen LogP contribution in [0.1, 0.15) is 42.7 Å². The number of rotatable bonds is 11. The van der Waals surface area contributed by atoms with Crippen molar-refractivity contribution in [2.24, 2.45) is 5.92 Å². The normalized spacial score (nSPS) is 12.7. The minimum atomic E-state index is -0.872. The number of carbonyl (C=O) groups is 1. The van der Waals surface area contributed by atoms with E-state index < -0.39 is 11.6 Å². The van der Waals surface area contributed by atoms with E-state index in [9.17, 15) is 13.6 Å². The van der Waals surface area contributed by atoms with Gasteiger partial charge in [-0.25, -0.2) is 13.8 Å². The predicted octanol–water partition coefficient (Wildman–Crippen LogP) is 3.94. The Morgan fingerprint density at radius 2 is 1.97 bits per heavy atom. The van der Waals surface area contributed by atoms with Gasteiger partial charge in [0.25, 0.3) is 0 Å². The third-order valence-electron chi connectivity index (χ3n) is 5.96. The SMILES string of the molecule is CC[C@H](C)[C@@H](CNCc1cccc(F)c1F)NC(=O)Cc1cncn1Cc1ccc(C#N)cc1. The molecule has 1 heterocycles. The Kier molecular flexibility index (Phi) is 8.88. The van der Waals surface area contributed by atoms with Gasteiger partial charge in [0.15, 0.2) is 11.6 Å². The van der Waals surface area contributed by atoms with Crippen LogP contribution in [0.2, 0.25) is 0 Å². The molecule has 2 aromatic carbocycles. The molecule has 2 atom stereocenters. The van der Waals surface area contributed by atoms with Crippen molar-refractivity contribution in [3.8, 4) is 6.07 Å². The number of hydrogen-bond acceptors (Lipinski definition) is 4. The Labute approximate surface area is 198 Å². The number of nitrogens with zero attached hydrogens (tertiary/aromatic N) is 3. The van der Waals surface area contributed by atoms with Crippen molar-refractivity contribution in [2.75, 3.05) is 6.54 Å². The summed E-state index contributed by atoms with van der Waals surface area (Å²) in [5.74, 6) is -1.67. The molecule has 2 N–H and O–H groups in total. The fraction of sp³-hybridized carbons (Fsp3) is 0.346. The van der Waals surface area contributed by atoms with Crippen LogP contribution in [0.25, 0.3) is 0 Å². The molecule has 0 spiro atoms. The molecule has 34 heavy (non-hydrogen) atoms. The van der Waals surface area contributed by atoms with Crippen molar-refractivity contribution in [3.63, 3.8) is 0 Å². The van der Waals surface area contributed by atoms with Crippen LogP contribution in [0.15, 0.2) is 55.0 Å². The van der Waals surface area contributed by atoms with E-state index in [0.717, 1.165) is 23.7 Å². The number of hydrogen-bond donors (Lipinski definition) is 2. The molecule has 0 bridgehead atoms. The van der Waals surface area contributed by atoms with E-state index in [0.29, 0.717) is 18.7 Å². The van der Waals surface area contributed by atoms with Crippen molar-refractivity contribution in [1.29, 1.82) is 5.26 Å².